The zero-order chi connectivity index (χ0) is 36.4. The number of carbonyl (C=O) groups excluding carboxylic acids is 3. The number of carbonyl (C=O) groups is 3. The number of aliphatic carboxylic acids is 1. The summed E-state index contributed by atoms with van der Waals surface area (Å²) in [5.41, 5.74) is 0. The number of likely N-dealkylation sites (N-methyl/N-ethyl adjacent to an activating group) is 1. The molecule has 0 fully saturated rings. The standard InChI is InChI=1S/C41H73NO7/c1-6-8-10-12-14-16-18-19-20-22-23-25-27-29-31-39(43)48-36-37(35-47-34-33-38(41(45)46)42(3,4)5)49-40(44)32-30-28-26-24-21-17-15-13-11-9-7-2/h8,10,14,16,19-20,37-38H,6-7,9,11-13,15,17-18,21-36H2,1-5H3/b10-8+,16-14+,20-19+. The first-order chi connectivity index (χ1) is 23.6. The van der Waals surface area contributed by atoms with Gasteiger partial charge in [-0.2, -0.15) is 0 Å². The molecule has 0 heterocycles. The van der Waals surface area contributed by atoms with Crippen LogP contribution in [0.25, 0.3) is 0 Å². The molecule has 0 spiro atoms. The maximum Gasteiger partial charge on any atom is 0.306 e. The predicted octanol–water partition coefficient (Wildman–Crippen LogP) is 8.57. The van der Waals surface area contributed by atoms with Crippen LogP contribution in [0.15, 0.2) is 36.5 Å². The van der Waals surface area contributed by atoms with E-state index in [1.54, 1.807) is 21.1 Å². The summed E-state index contributed by atoms with van der Waals surface area (Å²) in [6.45, 7) is 4.50. The average Bonchev–Trinajstić information content (AvgIpc) is 3.05. The van der Waals surface area contributed by atoms with E-state index in [2.05, 4.69) is 50.3 Å². The number of hydrogen-bond donors (Lipinski definition) is 0. The van der Waals surface area contributed by atoms with E-state index in [0.29, 0.717) is 12.8 Å². The number of quaternary nitrogens is 1. The van der Waals surface area contributed by atoms with Crippen molar-refractivity contribution in [3.63, 3.8) is 0 Å². The van der Waals surface area contributed by atoms with Gasteiger partial charge in [0.05, 0.1) is 40.3 Å². The van der Waals surface area contributed by atoms with Gasteiger partial charge in [0, 0.05) is 19.3 Å². The van der Waals surface area contributed by atoms with E-state index >= 15 is 0 Å². The summed E-state index contributed by atoms with van der Waals surface area (Å²) < 4.78 is 17.1. The van der Waals surface area contributed by atoms with Crippen LogP contribution in [0.1, 0.15) is 155 Å². The molecule has 0 rings (SSSR count). The van der Waals surface area contributed by atoms with Crippen LogP contribution in [-0.2, 0) is 28.6 Å². The first-order valence-electron chi connectivity index (χ1n) is 19.5. The molecule has 49 heavy (non-hydrogen) atoms. The number of esters is 2. The van der Waals surface area contributed by atoms with Crippen molar-refractivity contribution in [2.24, 2.45) is 0 Å². The number of carboxylic acid groups (broad SMARTS) is 1. The molecule has 8 heteroatoms. The van der Waals surface area contributed by atoms with Gasteiger partial charge in [-0.25, -0.2) is 0 Å². The zero-order valence-corrected chi connectivity index (χ0v) is 32.1. The second-order valence-corrected chi connectivity index (χ2v) is 14.1. The lowest BCUT2D eigenvalue weighted by atomic mass is 10.1. The van der Waals surface area contributed by atoms with Crippen molar-refractivity contribution in [2.75, 3.05) is 41.0 Å². The van der Waals surface area contributed by atoms with Crippen molar-refractivity contribution in [1.29, 1.82) is 0 Å². The van der Waals surface area contributed by atoms with E-state index in [-0.39, 0.29) is 42.7 Å². The molecule has 0 aromatic rings. The minimum Gasteiger partial charge on any atom is -0.544 e. The van der Waals surface area contributed by atoms with Crippen LogP contribution in [0, 0.1) is 0 Å². The molecule has 0 aliphatic carbocycles. The van der Waals surface area contributed by atoms with Crippen molar-refractivity contribution >= 4 is 17.9 Å². The van der Waals surface area contributed by atoms with Gasteiger partial charge < -0.3 is 28.6 Å². The molecule has 0 aliphatic heterocycles. The van der Waals surface area contributed by atoms with Crippen molar-refractivity contribution in [3.05, 3.63) is 36.5 Å². The number of carboxylic acids is 1. The number of rotatable bonds is 34. The minimum absolute atomic E-state index is 0.0351. The fourth-order valence-corrected chi connectivity index (χ4v) is 5.50. The van der Waals surface area contributed by atoms with Gasteiger partial charge in [0.1, 0.15) is 12.6 Å². The molecular weight excluding hydrogens is 618 g/mol. The molecule has 0 aromatic carbocycles. The third-order valence-corrected chi connectivity index (χ3v) is 8.54. The summed E-state index contributed by atoms with van der Waals surface area (Å²) in [6.07, 6.45) is 34.5. The topological polar surface area (TPSA) is 102 Å². The van der Waals surface area contributed by atoms with Gasteiger partial charge in [0.15, 0.2) is 6.10 Å². The highest BCUT2D eigenvalue weighted by atomic mass is 16.6. The van der Waals surface area contributed by atoms with E-state index in [4.69, 9.17) is 14.2 Å². The van der Waals surface area contributed by atoms with Gasteiger partial charge in [-0.15, -0.1) is 0 Å². The Morgan fingerprint density at radius 2 is 1.14 bits per heavy atom. The number of ether oxygens (including phenoxy) is 3. The van der Waals surface area contributed by atoms with Gasteiger partial charge >= 0.3 is 11.9 Å². The summed E-state index contributed by atoms with van der Waals surface area (Å²) in [4.78, 5) is 36.6. The Morgan fingerprint density at radius 1 is 0.633 bits per heavy atom. The van der Waals surface area contributed by atoms with E-state index in [9.17, 15) is 19.5 Å². The van der Waals surface area contributed by atoms with Crippen molar-refractivity contribution in [3.8, 4) is 0 Å². The minimum atomic E-state index is -1.13. The monoisotopic (exact) mass is 692 g/mol. The third-order valence-electron chi connectivity index (χ3n) is 8.54. The van der Waals surface area contributed by atoms with Crippen molar-refractivity contribution < 1.29 is 38.2 Å². The number of allylic oxidation sites excluding steroid dienone is 6. The lowest BCUT2D eigenvalue weighted by molar-refractivity contribution is -0.889. The lowest BCUT2D eigenvalue weighted by Gasteiger charge is -2.34. The Balaban J connectivity index is 4.44. The molecule has 0 saturated heterocycles. The Hall–Kier alpha value is -2.45. The Bertz CT molecular complexity index is 906. The molecular formula is C41H73NO7. The van der Waals surface area contributed by atoms with Crippen molar-refractivity contribution in [1.82, 2.24) is 0 Å². The first kappa shape index (κ1) is 46.5. The molecule has 0 N–H and O–H groups in total. The van der Waals surface area contributed by atoms with E-state index in [0.717, 1.165) is 70.6 Å². The van der Waals surface area contributed by atoms with Crippen LogP contribution in [0.3, 0.4) is 0 Å². The molecule has 284 valence electrons. The van der Waals surface area contributed by atoms with Gasteiger partial charge in [-0.1, -0.05) is 127 Å². The predicted molar refractivity (Wildman–Crippen MR) is 199 cm³/mol. The first-order valence-corrected chi connectivity index (χ1v) is 19.5. The largest absolute Gasteiger partial charge is 0.544 e. The quantitative estimate of drug-likeness (QED) is 0.0288. The molecule has 0 amide bonds. The zero-order valence-electron chi connectivity index (χ0n) is 32.1. The van der Waals surface area contributed by atoms with Crippen LogP contribution in [0.2, 0.25) is 0 Å². The Morgan fingerprint density at radius 3 is 1.69 bits per heavy atom. The summed E-state index contributed by atoms with van der Waals surface area (Å²) in [5, 5.41) is 11.6. The van der Waals surface area contributed by atoms with E-state index in [1.165, 1.54) is 51.4 Å². The van der Waals surface area contributed by atoms with E-state index < -0.39 is 18.1 Å². The maximum absolute atomic E-state index is 12.6. The SMILES string of the molecule is CC/C=C/C/C=C/C/C=C/CCCCCCC(=O)OCC(COCCC(C(=O)[O-])[N+](C)(C)C)OC(=O)CCCCCCCCCCCCC. The fraction of sp³-hybridized carbons (Fsp3) is 0.780. The highest BCUT2D eigenvalue weighted by molar-refractivity contribution is 5.70. The van der Waals surface area contributed by atoms with Crippen LogP contribution in [0.5, 0.6) is 0 Å². The van der Waals surface area contributed by atoms with Gasteiger partial charge in [0.2, 0.25) is 0 Å². The Labute approximate surface area is 300 Å². The van der Waals surface area contributed by atoms with Gasteiger partial charge in [-0.05, 0) is 44.9 Å². The lowest BCUT2D eigenvalue weighted by Crippen LogP contribution is -2.55. The van der Waals surface area contributed by atoms with Crippen LogP contribution >= 0.6 is 0 Å². The molecule has 2 atom stereocenters. The highest BCUT2D eigenvalue weighted by Crippen LogP contribution is 2.14. The number of unbranched alkanes of at least 4 members (excludes halogenated alkanes) is 14. The molecule has 2 unspecified atom stereocenters. The number of hydrogen-bond acceptors (Lipinski definition) is 7. The second-order valence-electron chi connectivity index (χ2n) is 14.1. The molecule has 0 bridgehead atoms. The van der Waals surface area contributed by atoms with Crippen LogP contribution < -0.4 is 5.11 Å². The van der Waals surface area contributed by atoms with E-state index in [1.807, 2.05) is 0 Å². The molecule has 0 radical (unpaired) electrons. The highest BCUT2D eigenvalue weighted by Gasteiger charge is 2.25. The van der Waals surface area contributed by atoms with Gasteiger partial charge in [-0.3, -0.25) is 9.59 Å². The molecule has 0 saturated carbocycles. The summed E-state index contributed by atoms with van der Waals surface area (Å²) in [6, 6.07) is -0.726. The molecule has 8 nitrogen and oxygen atoms in total. The smallest absolute Gasteiger partial charge is 0.306 e. The molecule has 0 aliphatic rings. The van der Waals surface area contributed by atoms with Crippen molar-refractivity contribution in [2.45, 2.75) is 167 Å². The summed E-state index contributed by atoms with van der Waals surface area (Å²) in [5.74, 6) is -1.77. The van der Waals surface area contributed by atoms with Crippen LogP contribution in [-0.4, -0.2) is 75.5 Å². The summed E-state index contributed by atoms with van der Waals surface area (Å²) >= 11 is 0. The maximum atomic E-state index is 12.6. The second kappa shape index (κ2) is 32.7. The fourth-order valence-electron chi connectivity index (χ4n) is 5.50. The Kier molecular flexibility index (Phi) is 31.1. The number of nitrogens with zero attached hydrogens (tertiary/aromatic N) is 1. The average molecular weight is 692 g/mol. The van der Waals surface area contributed by atoms with Crippen LogP contribution in [0.4, 0.5) is 0 Å². The molecule has 0 aromatic heterocycles. The third kappa shape index (κ3) is 31.3. The normalized spacial score (nSPS) is 13.4. The van der Waals surface area contributed by atoms with Gasteiger partial charge in [0.25, 0.3) is 0 Å². The summed E-state index contributed by atoms with van der Waals surface area (Å²) in [7, 11) is 5.39.